The largest absolute Gasteiger partial charge is 0.497 e. The quantitative estimate of drug-likeness (QED) is 0.738. The Bertz CT molecular complexity index is 900. The van der Waals surface area contributed by atoms with Crippen molar-refractivity contribution >= 4 is 17.3 Å². The van der Waals surface area contributed by atoms with E-state index < -0.39 is 0 Å². The number of piperidine rings is 1. The minimum atomic E-state index is 0.00770. The van der Waals surface area contributed by atoms with Gasteiger partial charge < -0.3 is 10.1 Å². The zero-order valence-corrected chi connectivity index (χ0v) is 18.5. The number of anilines is 1. The van der Waals surface area contributed by atoms with Crippen LogP contribution in [-0.2, 0) is 6.54 Å². The molecule has 2 aliphatic rings. The summed E-state index contributed by atoms with van der Waals surface area (Å²) in [4.78, 5) is 15.0. The SMILES string of the molecule is COc1ccc(CN2CCC(CNC(=O)c3ccc(N4CCC(C)=N4)cc3)CC2)cc1. The van der Waals surface area contributed by atoms with Crippen molar-refractivity contribution in [3.8, 4) is 5.75 Å². The van der Waals surface area contributed by atoms with Gasteiger partial charge in [0.05, 0.1) is 12.8 Å². The van der Waals surface area contributed by atoms with Crippen molar-refractivity contribution < 1.29 is 9.53 Å². The number of ether oxygens (including phenoxy) is 1. The van der Waals surface area contributed by atoms with Gasteiger partial charge in [-0.3, -0.25) is 14.7 Å². The number of amides is 1. The summed E-state index contributed by atoms with van der Waals surface area (Å²) in [6.07, 6.45) is 3.23. The molecule has 1 N–H and O–H groups in total. The van der Waals surface area contributed by atoms with E-state index >= 15 is 0 Å². The van der Waals surface area contributed by atoms with Gasteiger partial charge in [0.2, 0.25) is 0 Å². The van der Waals surface area contributed by atoms with Crippen LogP contribution in [0.2, 0.25) is 0 Å². The van der Waals surface area contributed by atoms with Gasteiger partial charge in [-0.15, -0.1) is 0 Å². The van der Waals surface area contributed by atoms with E-state index in [4.69, 9.17) is 4.74 Å². The summed E-state index contributed by atoms with van der Waals surface area (Å²) in [6.45, 7) is 6.80. The Morgan fingerprint density at radius 2 is 1.77 bits per heavy atom. The number of methoxy groups -OCH3 is 1. The van der Waals surface area contributed by atoms with Crippen LogP contribution >= 0.6 is 0 Å². The topological polar surface area (TPSA) is 57.2 Å². The number of carbonyl (C=O) groups is 1. The van der Waals surface area contributed by atoms with Crippen LogP contribution in [0.25, 0.3) is 0 Å². The van der Waals surface area contributed by atoms with Crippen LogP contribution < -0.4 is 15.1 Å². The standard InChI is InChI=1S/C25H32N4O2/c1-19-11-16-29(27-19)23-7-5-22(6-8-23)25(30)26-17-20-12-14-28(15-13-20)18-21-3-9-24(31-2)10-4-21/h3-10,20H,11-18H2,1-2H3,(H,26,30). The molecule has 2 aromatic rings. The number of hydrogen-bond donors (Lipinski definition) is 1. The fourth-order valence-electron chi connectivity index (χ4n) is 4.22. The van der Waals surface area contributed by atoms with Crippen LogP contribution in [0.1, 0.15) is 42.1 Å². The Morgan fingerprint density at radius 3 is 2.39 bits per heavy atom. The molecule has 164 valence electrons. The molecule has 0 saturated carbocycles. The lowest BCUT2D eigenvalue weighted by Crippen LogP contribution is -2.38. The fourth-order valence-corrected chi connectivity index (χ4v) is 4.22. The molecule has 6 nitrogen and oxygen atoms in total. The molecular formula is C25H32N4O2. The number of hydrogen-bond acceptors (Lipinski definition) is 5. The maximum atomic E-state index is 12.6. The molecule has 0 unspecified atom stereocenters. The molecule has 0 radical (unpaired) electrons. The molecule has 2 aliphatic heterocycles. The summed E-state index contributed by atoms with van der Waals surface area (Å²) in [5.74, 6) is 1.44. The molecule has 1 saturated heterocycles. The fraction of sp³-hybridized carbons (Fsp3) is 0.440. The first-order valence-electron chi connectivity index (χ1n) is 11.2. The number of nitrogens with zero attached hydrogens (tertiary/aromatic N) is 3. The summed E-state index contributed by atoms with van der Waals surface area (Å²) in [7, 11) is 1.69. The number of likely N-dealkylation sites (tertiary alicyclic amines) is 1. The molecule has 4 rings (SSSR count). The van der Waals surface area contributed by atoms with Crippen molar-refractivity contribution in [2.45, 2.75) is 32.7 Å². The molecule has 0 spiro atoms. The molecule has 0 bridgehead atoms. The lowest BCUT2D eigenvalue weighted by atomic mass is 9.96. The highest BCUT2D eigenvalue weighted by Gasteiger charge is 2.20. The third-order valence-corrected chi connectivity index (χ3v) is 6.23. The smallest absolute Gasteiger partial charge is 0.251 e. The predicted octanol–water partition coefficient (Wildman–Crippen LogP) is 3.92. The summed E-state index contributed by atoms with van der Waals surface area (Å²) in [6, 6.07) is 16.0. The molecule has 6 heteroatoms. The Kier molecular flexibility index (Phi) is 6.87. The summed E-state index contributed by atoms with van der Waals surface area (Å²) >= 11 is 0. The lowest BCUT2D eigenvalue weighted by molar-refractivity contribution is 0.0935. The summed E-state index contributed by atoms with van der Waals surface area (Å²) in [5.41, 5.74) is 4.21. The predicted molar refractivity (Wildman–Crippen MR) is 125 cm³/mol. The van der Waals surface area contributed by atoms with Gasteiger partial charge in [0.15, 0.2) is 0 Å². The van der Waals surface area contributed by atoms with Crippen molar-refractivity contribution in [1.29, 1.82) is 0 Å². The third-order valence-electron chi connectivity index (χ3n) is 6.23. The van der Waals surface area contributed by atoms with E-state index in [9.17, 15) is 4.79 Å². The van der Waals surface area contributed by atoms with Crippen LogP contribution in [0.4, 0.5) is 5.69 Å². The summed E-state index contributed by atoms with van der Waals surface area (Å²) < 4.78 is 5.23. The van der Waals surface area contributed by atoms with Crippen molar-refractivity contribution in [1.82, 2.24) is 10.2 Å². The van der Waals surface area contributed by atoms with Gasteiger partial charge in [-0.05, 0) is 80.7 Å². The average molecular weight is 421 g/mol. The first-order valence-corrected chi connectivity index (χ1v) is 11.2. The second kappa shape index (κ2) is 9.96. The molecule has 0 aromatic heterocycles. The Morgan fingerprint density at radius 1 is 1.06 bits per heavy atom. The van der Waals surface area contributed by atoms with Gasteiger partial charge in [-0.2, -0.15) is 5.10 Å². The highest BCUT2D eigenvalue weighted by molar-refractivity contribution is 5.94. The molecule has 1 amide bonds. The van der Waals surface area contributed by atoms with E-state index in [1.54, 1.807) is 7.11 Å². The first-order chi connectivity index (χ1) is 15.1. The molecule has 1 fully saturated rings. The molecule has 0 aliphatic carbocycles. The maximum Gasteiger partial charge on any atom is 0.251 e. The maximum absolute atomic E-state index is 12.6. The van der Waals surface area contributed by atoms with Gasteiger partial charge in [0, 0.05) is 37.3 Å². The summed E-state index contributed by atoms with van der Waals surface area (Å²) in [5, 5.41) is 9.64. The van der Waals surface area contributed by atoms with E-state index in [-0.39, 0.29) is 5.91 Å². The first kappa shape index (κ1) is 21.4. The van der Waals surface area contributed by atoms with Crippen LogP contribution in [-0.4, -0.2) is 49.8 Å². The van der Waals surface area contributed by atoms with Crippen molar-refractivity contribution in [3.63, 3.8) is 0 Å². The Balaban J connectivity index is 1.20. The van der Waals surface area contributed by atoms with Crippen LogP contribution in [0.5, 0.6) is 5.75 Å². The normalized spacial score (nSPS) is 17.5. The Labute approximate surface area is 184 Å². The molecule has 2 aromatic carbocycles. The van der Waals surface area contributed by atoms with Gasteiger partial charge in [0.1, 0.15) is 5.75 Å². The zero-order chi connectivity index (χ0) is 21.6. The monoisotopic (exact) mass is 420 g/mol. The number of carbonyl (C=O) groups excluding carboxylic acids is 1. The highest BCUT2D eigenvalue weighted by atomic mass is 16.5. The highest BCUT2D eigenvalue weighted by Crippen LogP contribution is 2.21. The minimum absolute atomic E-state index is 0.00770. The molecule has 0 atom stereocenters. The molecule has 2 heterocycles. The number of hydrazone groups is 1. The Hall–Kier alpha value is -2.86. The van der Waals surface area contributed by atoms with Gasteiger partial charge in [-0.1, -0.05) is 12.1 Å². The average Bonchev–Trinajstić information content (AvgIpc) is 3.25. The molecule has 31 heavy (non-hydrogen) atoms. The zero-order valence-electron chi connectivity index (χ0n) is 18.5. The van der Waals surface area contributed by atoms with Crippen LogP contribution in [0.15, 0.2) is 53.6 Å². The van der Waals surface area contributed by atoms with Crippen LogP contribution in [0, 0.1) is 5.92 Å². The van der Waals surface area contributed by atoms with E-state index in [0.29, 0.717) is 11.5 Å². The molecular weight excluding hydrogens is 388 g/mol. The lowest BCUT2D eigenvalue weighted by Gasteiger charge is -2.32. The van der Waals surface area contributed by atoms with Crippen molar-refractivity contribution in [2.75, 3.05) is 38.3 Å². The van der Waals surface area contributed by atoms with Gasteiger partial charge >= 0.3 is 0 Å². The second-order valence-corrected chi connectivity index (χ2v) is 8.53. The second-order valence-electron chi connectivity index (χ2n) is 8.53. The van der Waals surface area contributed by atoms with Crippen molar-refractivity contribution in [3.05, 3.63) is 59.7 Å². The van der Waals surface area contributed by atoms with E-state index in [1.165, 1.54) is 5.56 Å². The van der Waals surface area contributed by atoms with E-state index in [0.717, 1.165) is 69.1 Å². The van der Waals surface area contributed by atoms with Crippen molar-refractivity contribution in [2.24, 2.45) is 11.0 Å². The van der Waals surface area contributed by atoms with Gasteiger partial charge in [-0.25, -0.2) is 0 Å². The van der Waals surface area contributed by atoms with Gasteiger partial charge in [0.25, 0.3) is 5.91 Å². The van der Waals surface area contributed by atoms with E-state index in [1.807, 2.05) is 48.3 Å². The third kappa shape index (κ3) is 5.64. The number of rotatable bonds is 7. The minimum Gasteiger partial charge on any atom is -0.497 e. The van der Waals surface area contributed by atoms with E-state index in [2.05, 4.69) is 27.5 Å². The number of nitrogens with one attached hydrogen (secondary N) is 1. The number of benzene rings is 2. The van der Waals surface area contributed by atoms with Crippen LogP contribution in [0.3, 0.4) is 0 Å².